The number of rotatable bonds is 18. The maximum absolute atomic E-state index is 13.4. The Morgan fingerprint density at radius 2 is 1.53 bits per heavy atom. The van der Waals surface area contributed by atoms with E-state index in [1.807, 2.05) is 98.7 Å². The summed E-state index contributed by atoms with van der Waals surface area (Å²) in [5.74, 6) is -1.70. The van der Waals surface area contributed by atoms with Crippen LogP contribution in [-0.4, -0.2) is 97.2 Å². The van der Waals surface area contributed by atoms with Gasteiger partial charge >= 0.3 is 5.97 Å². The molecular formula is C48H54N8O7S. The minimum Gasteiger partial charge on any atom is -0.478 e. The van der Waals surface area contributed by atoms with E-state index in [0.29, 0.717) is 48.6 Å². The molecule has 2 aliphatic rings. The van der Waals surface area contributed by atoms with Crippen molar-refractivity contribution in [2.75, 3.05) is 44.5 Å². The molecule has 0 bridgehead atoms. The van der Waals surface area contributed by atoms with Crippen molar-refractivity contribution in [3.63, 3.8) is 0 Å². The van der Waals surface area contributed by atoms with Crippen LogP contribution in [0, 0.1) is 0 Å². The van der Waals surface area contributed by atoms with E-state index < -0.39 is 29.9 Å². The Labute approximate surface area is 377 Å². The number of primary amides is 1. The summed E-state index contributed by atoms with van der Waals surface area (Å²) in [7, 11) is 7.77. The molecule has 4 aromatic rings. The van der Waals surface area contributed by atoms with Gasteiger partial charge in [0.15, 0.2) is 10.9 Å². The molecule has 0 spiro atoms. The number of amides is 3. The number of carboxylic acids is 1. The summed E-state index contributed by atoms with van der Waals surface area (Å²) < 4.78 is 6.42. The molecule has 2 atom stereocenters. The summed E-state index contributed by atoms with van der Waals surface area (Å²) in [6.07, 6.45) is 8.83. The van der Waals surface area contributed by atoms with Crippen molar-refractivity contribution >= 4 is 80.4 Å². The van der Waals surface area contributed by atoms with Gasteiger partial charge in [-0.05, 0) is 92.0 Å². The third kappa shape index (κ3) is 11.5. The Kier molecular flexibility index (Phi) is 15.1. The number of aromatic amines is 1. The van der Waals surface area contributed by atoms with Crippen molar-refractivity contribution in [2.24, 2.45) is 10.7 Å². The van der Waals surface area contributed by atoms with Gasteiger partial charge in [0.2, 0.25) is 17.7 Å². The largest absolute Gasteiger partial charge is 0.478 e. The molecule has 3 aromatic carbocycles. The lowest BCUT2D eigenvalue weighted by Gasteiger charge is -2.28. The van der Waals surface area contributed by atoms with E-state index in [0.717, 1.165) is 44.5 Å². The normalized spacial score (nSPS) is 14.4. The zero-order valence-electron chi connectivity index (χ0n) is 36.6. The number of hydrogen-bond acceptors (Lipinski definition) is 9. The lowest BCUT2D eigenvalue weighted by Crippen LogP contribution is -2.52. The van der Waals surface area contributed by atoms with Crippen molar-refractivity contribution < 1.29 is 33.8 Å². The fourth-order valence-electron chi connectivity index (χ4n) is 7.56. The number of hydrogen-bond donors (Lipinski definition) is 6. The zero-order chi connectivity index (χ0) is 46.1. The summed E-state index contributed by atoms with van der Waals surface area (Å²) >= 11 is 5.49. The molecule has 1 aromatic heterocycles. The topological polar surface area (TPSA) is 212 Å². The monoisotopic (exact) mass is 886 g/mol. The molecule has 0 radical (unpaired) electrons. The maximum atomic E-state index is 13.4. The highest BCUT2D eigenvalue weighted by Gasteiger charge is 2.30. The second-order valence-electron chi connectivity index (χ2n) is 16.2. The number of aliphatic imine (C=N–C) groups is 1. The highest BCUT2D eigenvalue weighted by atomic mass is 32.1. The third-order valence-corrected chi connectivity index (χ3v) is 11.3. The van der Waals surface area contributed by atoms with Gasteiger partial charge in [0.05, 0.1) is 17.3 Å². The molecule has 0 saturated carbocycles. The van der Waals surface area contributed by atoms with Gasteiger partial charge < -0.3 is 46.3 Å². The van der Waals surface area contributed by atoms with Crippen molar-refractivity contribution in [1.29, 1.82) is 0 Å². The zero-order valence-corrected chi connectivity index (χ0v) is 37.4. The summed E-state index contributed by atoms with van der Waals surface area (Å²) in [6.45, 7) is 1.85. The number of carboxylic acid groups (broad SMARTS) is 1. The summed E-state index contributed by atoms with van der Waals surface area (Å²) in [4.78, 5) is 75.0. The van der Waals surface area contributed by atoms with Crippen molar-refractivity contribution in [3.05, 3.63) is 113 Å². The Bertz CT molecular complexity index is 2550. The van der Waals surface area contributed by atoms with Gasteiger partial charge in [-0.1, -0.05) is 30.7 Å². The minimum atomic E-state index is -1.12. The molecule has 0 fully saturated rings. The fourth-order valence-corrected chi connectivity index (χ4v) is 7.77. The number of fused-ring (bicyclic) bond motifs is 3. The second kappa shape index (κ2) is 20.9. The molecule has 0 saturated heterocycles. The molecule has 1 aliphatic heterocycles. The highest BCUT2D eigenvalue weighted by molar-refractivity contribution is 7.80. The molecule has 3 amide bonds. The van der Waals surface area contributed by atoms with Gasteiger partial charge in [-0.25, -0.2) is 9.79 Å². The van der Waals surface area contributed by atoms with E-state index in [9.17, 15) is 29.1 Å². The van der Waals surface area contributed by atoms with E-state index in [2.05, 4.69) is 25.9 Å². The van der Waals surface area contributed by atoms with Gasteiger partial charge in [0.1, 0.15) is 17.5 Å². The van der Waals surface area contributed by atoms with Crippen LogP contribution in [0.15, 0.2) is 101 Å². The summed E-state index contributed by atoms with van der Waals surface area (Å²) in [6, 6.07) is 17.5. The van der Waals surface area contributed by atoms with Crippen LogP contribution in [0.25, 0.3) is 16.5 Å². The number of ether oxygens (including phenoxy) is 1. The smallest absolute Gasteiger partial charge is 0.336 e. The van der Waals surface area contributed by atoms with Gasteiger partial charge in [0.25, 0.3) is 0 Å². The van der Waals surface area contributed by atoms with Gasteiger partial charge in [-0.15, -0.1) is 0 Å². The Balaban J connectivity index is 1.04. The quantitative estimate of drug-likeness (QED) is 0.0462. The van der Waals surface area contributed by atoms with Gasteiger partial charge in [-0.2, -0.15) is 0 Å². The lowest BCUT2D eigenvalue weighted by molar-refractivity contribution is -0.132. The third-order valence-electron chi connectivity index (χ3n) is 11.0. The molecule has 64 heavy (non-hydrogen) atoms. The number of thiocarbonyl (C=S) groups is 1. The number of allylic oxidation sites excluding steroid dienone is 3. The number of ketones is 1. The van der Waals surface area contributed by atoms with Crippen LogP contribution in [0.3, 0.4) is 0 Å². The molecule has 16 heteroatoms. The van der Waals surface area contributed by atoms with E-state index >= 15 is 0 Å². The van der Waals surface area contributed by atoms with Crippen LogP contribution in [-0.2, 0) is 30.4 Å². The first kappa shape index (κ1) is 46.4. The average Bonchev–Trinajstić information content (AvgIpc) is 3.67. The van der Waals surface area contributed by atoms with Crippen LogP contribution < -0.4 is 36.2 Å². The first-order valence-corrected chi connectivity index (χ1v) is 21.5. The molecular weight excluding hydrogens is 833 g/mol. The SMILES string of the molecule is CC(=O)C(Cc1c[nH]c2ccccc12)NC(=O)C(CCC(N)=O)NC(=O)CCCCCNC(=S)/N=C1\C=CC(=C2c3ccc(N(C)C)cc3Oc3cc(N(C)C)ccc32)C(C(=O)O)=C1. The van der Waals surface area contributed by atoms with Crippen molar-refractivity contribution in [1.82, 2.24) is 20.9 Å². The number of para-hydroxylation sites is 1. The number of nitrogens with zero attached hydrogens (tertiary/aromatic N) is 3. The standard InChI is InChI=1S/C48H54N8O7S/c1-28(57)40(23-29-27-51-38-12-9-8-11-33(29)38)54-46(60)39(20-21-43(49)58)53-44(59)13-7-6-10-22-50-48(64)52-30-14-17-34(37(24-30)47(61)62)45-35-18-15-31(55(2)3)25-41(35)63-42-26-32(56(4)5)16-19-36(42)45/h8-9,11-12,14-19,24-27,39-40,51H,6-7,10,13,20-23H2,1-5H3,(H2,49,58)(H,50,64)(H,53,59)(H,54,60)(H,61,62)/b52-30+. The molecule has 2 heterocycles. The Morgan fingerprint density at radius 3 is 2.16 bits per heavy atom. The highest BCUT2D eigenvalue weighted by Crippen LogP contribution is 2.48. The average molecular weight is 887 g/mol. The predicted molar refractivity (Wildman–Crippen MR) is 254 cm³/mol. The van der Waals surface area contributed by atoms with Crippen LogP contribution in [0.1, 0.15) is 62.1 Å². The number of nitrogens with one attached hydrogen (secondary N) is 4. The fraction of sp³-hybridized carbons (Fsp3) is 0.312. The number of carbonyl (C=O) groups is 5. The number of benzene rings is 3. The number of carbonyl (C=O) groups excluding carboxylic acids is 4. The van der Waals surface area contributed by atoms with Crippen molar-refractivity contribution in [3.8, 4) is 11.5 Å². The van der Waals surface area contributed by atoms with Gasteiger partial charge in [-0.3, -0.25) is 19.2 Å². The van der Waals surface area contributed by atoms with Crippen LogP contribution in [0.4, 0.5) is 11.4 Å². The van der Waals surface area contributed by atoms with E-state index in [4.69, 9.17) is 22.7 Å². The van der Waals surface area contributed by atoms with Crippen LogP contribution >= 0.6 is 12.2 Å². The molecule has 1 aliphatic carbocycles. The number of Topliss-reactive ketones (excluding diaryl/α,β-unsaturated/α-hetero) is 1. The van der Waals surface area contributed by atoms with E-state index in [-0.39, 0.29) is 48.1 Å². The lowest BCUT2D eigenvalue weighted by atomic mass is 9.84. The molecule has 7 N–H and O–H groups in total. The second-order valence-corrected chi connectivity index (χ2v) is 16.6. The van der Waals surface area contributed by atoms with Crippen LogP contribution in [0.2, 0.25) is 0 Å². The predicted octanol–water partition coefficient (Wildman–Crippen LogP) is 5.73. The molecule has 334 valence electrons. The number of aliphatic carboxylic acids is 1. The number of anilines is 2. The van der Waals surface area contributed by atoms with E-state index in [1.54, 1.807) is 18.3 Å². The number of unbranched alkanes of at least 4 members (excludes halogenated alkanes) is 2. The first-order valence-electron chi connectivity index (χ1n) is 21.1. The number of aromatic nitrogens is 1. The number of nitrogens with two attached hydrogens (primary N) is 1. The Hall–Kier alpha value is -7.07. The summed E-state index contributed by atoms with van der Waals surface area (Å²) in [5, 5.41) is 20.2. The Morgan fingerprint density at radius 1 is 0.859 bits per heavy atom. The molecule has 6 rings (SSSR count). The number of H-pyrrole nitrogens is 1. The van der Waals surface area contributed by atoms with Crippen LogP contribution in [0.5, 0.6) is 11.5 Å². The maximum Gasteiger partial charge on any atom is 0.336 e. The summed E-state index contributed by atoms with van der Waals surface area (Å²) in [5.41, 5.74) is 12.2. The minimum absolute atomic E-state index is 0.0158. The van der Waals surface area contributed by atoms with E-state index in [1.165, 1.54) is 13.0 Å². The molecule has 15 nitrogen and oxygen atoms in total. The molecule has 2 unspecified atom stereocenters. The first-order chi connectivity index (χ1) is 30.6. The van der Waals surface area contributed by atoms with Gasteiger partial charge in [0, 0.05) is 111 Å². The van der Waals surface area contributed by atoms with Crippen molar-refractivity contribution in [2.45, 2.75) is 64.0 Å².